The van der Waals surface area contributed by atoms with E-state index in [1.165, 1.54) is 0 Å². The Hall–Kier alpha value is -2.62. The van der Waals surface area contributed by atoms with Crippen molar-refractivity contribution in [2.24, 2.45) is 5.92 Å². The van der Waals surface area contributed by atoms with Crippen molar-refractivity contribution >= 4 is 15.8 Å². The Morgan fingerprint density at radius 1 is 1.12 bits per heavy atom. The Bertz CT molecular complexity index is 1100. The van der Waals surface area contributed by atoms with Crippen LogP contribution in [0.1, 0.15) is 38.0 Å². The molecule has 9 heteroatoms. The number of benzene rings is 2. The maximum absolute atomic E-state index is 14.0. The lowest BCUT2D eigenvalue weighted by Crippen LogP contribution is -2.36. The lowest BCUT2D eigenvalue weighted by molar-refractivity contribution is -0.153. The fourth-order valence-corrected chi connectivity index (χ4v) is 6.34. The molecular formula is C24H28O8S. The molecule has 2 aliphatic heterocycles. The Kier molecular flexibility index (Phi) is 6.65. The number of ether oxygens (including phenoxy) is 5. The van der Waals surface area contributed by atoms with Crippen molar-refractivity contribution in [1.82, 2.24) is 0 Å². The molecule has 178 valence electrons. The molecule has 0 radical (unpaired) electrons. The number of fused-ring (bicyclic) bond motifs is 1. The third-order valence-corrected chi connectivity index (χ3v) is 7.96. The van der Waals surface area contributed by atoms with Crippen LogP contribution in [0.4, 0.5) is 0 Å². The molecule has 0 unspecified atom stereocenters. The molecule has 0 aromatic heterocycles. The van der Waals surface area contributed by atoms with E-state index >= 15 is 0 Å². The summed E-state index contributed by atoms with van der Waals surface area (Å²) in [5.41, 5.74) is 0.478. The van der Waals surface area contributed by atoms with Crippen molar-refractivity contribution in [2.75, 3.05) is 20.0 Å². The molecule has 2 aromatic rings. The van der Waals surface area contributed by atoms with Gasteiger partial charge in [0.1, 0.15) is 0 Å². The largest absolute Gasteiger partial charge is 0.466 e. The van der Waals surface area contributed by atoms with Crippen LogP contribution in [0.25, 0.3) is 0 Å². The van der Waals surface area contributed by atoms with Gasteiger partial charge in [-0.1, -0.05) is 24.3 Å². The van der Waals surface area contributed by atoms with Crippen molar-refractivity contribution in [3.8, 4) is 11.5 Å². The van der Waals surface area contributed by atoms with E-state index in [1.54, 1.807) is 69.3 Å². The maximum atomic E-state index is 14.0. The Morgan fingerprint density at radius 3 is 2.52 bits per heavy atom. The van der Waals surface area contributed by atoms with E-state index < -0.39 is 38.9 Å². The van der Waals surface area contributed by atoms with Crippen molar-refractivity contribution in [3.63, 3.8) is 0 Å². The molecule has 2 aliphatic rings. The first-order chi connectivity index (χ1) is 15.7. The van der Waals surface area contributed by atoms with Crippen LogP contribution in [-0.2, 0) is 28.8 Å². The second-order valence-electron chi connectivity index (χ2n) is 8.43. The normalized spacial score (nSPS) is 20.9. The number of sulfone groups is 1. The minimum absolute atomic E-state index is 0.0644. The average Bonchev–Trinajstić information content (AvgIpc) is 3.39. The zero-order valence-electron chi connectivity index (χ0n) is 18.9. The van der Waals surface area contributed by atoms with Gasteiger partial charge in [-0.2, -0.15) is 0 Å². The molecular weight excluding hydrogens is 448 g/mol. The summed E-state index contributed by atoms with van der Waals surface area (Å²) in [5.74, 6) is -1.16. The van der Waals surface area contributed by atoms with Gasteiger partial charge < -0.3 is 23.7 Å². The van der Waals surface area contributed by atoms with Crippen LogP contribution < -0.4 is 9.47 Å². The van der Waals surface area contributed by atoms with E-state index in [4.69, 9.17) is 23.7 Å². The first-order valence-corrected chi connectivity index (χ1v) is 12.4. The van der Waals surface area contributed by atoms with Gasteiger partial charge in [0.2, 0.25) is 6.79 Å². The average molecular weight is 477 g/mol. The van der Waals surface area contributed by atoms with Crippen LogP contribution in [0, 0.1) is 5.92 Å². The summed E-state index contributed by atoms with van der Waals surface area (Å²) in [6.45, 7) is 5.64. The maximum Gasteiger partial charge on any atom is 0.306 e. The number of carbonyl (C=O) groups excluding carboxylic acids is 1. The number of rotatable bonds is 8. The molecule has 0 bridgehead atoms. The standard InChI is InChI=1S/C24H28O8S/c1-4-28-22(25)13-18(21-14-31-24(2,3)32-21)23(33(26,27)17-8-6-5-7-9-17)16-10-11-19-20(12-16)30-15-29-19/h5-12,18,21,23H,4,13-15H2,1-3H3/t18-,21-,23-/m1/s1. The van der Waals surface area contributed by atoms with E-state index in [0.717, 1.165) is 0 Å². The Labute approximate surface area is 193 Å². The van der Waals surface area contributed by atoms with Gasteiger partial charge in [0.05, 0.1) is 35.9 Å². The first-order valence-electron chi connectivity index (χ1n) is 10.9. The molecule has 0 saturated carbocycles. The third kappa shape index (κ3) is 5.00. The topological polar surface area (TPSA) is 97.4 Å². The molecule has 1 saturated heterocycles. The van der Waals surface area contributed by atoms with Gasteiger partial charge in [-0.25, -0.2) is 8.42 Å². The van der Waals surface area contributed by atoms with E-state index in [1.807, 2.05) is 0 Å². The van der Waals surface area contributed by atoms with E-state index in [0.29, 0.717) is 17.1 Å². The molecule has 0 N–H and O–H groups in total. The predicted octanol–water partition coefficient (Wildman–Crippen LogP) is 3.65. The van der Waals surface area contributed by atoms with Crippen LogP contribution in [0.3, 0.4) is 0 Å². The molecule has 33 heavy (non-hydrogen) atoms. The Balaban J connectivity index is 1.83. The van der Waals surface area contributed by atoms with Crippen molar-refractivity contribution in [1.29, 1.82) is 0 Å². The highest BCUT2D eigenvalue weighted by atomic mass is 32.2. The molecule has 0 amide bonds. The van der Waals surface area contributed by atoms with Crippen LogP contribution >= 0.6 is 0 Å². The van der Waals surface area contributed by atoms with Gasteiger partial charge in [-0.3, -0.25) is 4.79 Å². The molecule has 0 aliphatic carbocycles. The fourth-order valence-electron chi connectivity index (χ4n) is 4.28. The van der Waals surface area contributed by atoms with Crippen molar-refractivity contribution in [3.05, 3.63) is 54.1 Å². The minimum Gasteiger partial charge on any atom is -0.466 e. The zero-order valence-corrected chi connectivity index (χ0v) is 19.7. The fraction of sp³-hybridized carbons (Fsp3) is 0.458. The lowest BCUT2D eigenvalue weighted by Gasteiger charge is -2.31. The SMILES string of the molecule is CCOC(=O)C[C@@H]([C@@H](c1ccc2c(c1)OCO2)S(=O)(=O)c1ccccc1)[C@H]1COC(C)(C)O1. The third-order valence-electron chi connectivity index (χ3n) is 5.74. The summed E-state index contributed by atoms with van der Waals surface area (Å²) < 4.78 is 55.9. The van der Waals surface area contributed by atoms with Crippen LogP contribution in [0.2, 0.25) is 0 Å². The van der Waals surface area contributed by atoms with Crippen molar-refractivity contribution < 1.29 is 36.9 Å². The number of hydrogen-bond donors (Lipinski definition) is 0. The number of carbonyl (C=O) groups is 1. The van der Waals surface area contributed by atoms with Gasteiger partial charge in [-0.15, -0.1) is 0 Å². The summed E-state index contributed by atoms with van der Waals surface area (Å²) >= 11 is 0. The summed E-state index contributed by atoms with van der Waals surface area (Å²) in [6.07, 6.45) is -0.790. The predicted molar refractivity (Wildman–Crippen MR) is 119 cm³/mol. The highest BCUT2D eigenvalue weighted by molar-refractivity contribution is 7.91. The lowest BCUT2D eigenvalue weighted by atomic mass is 9.90. The second-order valence-corrected chi connectivity index (χ2v) is 10.5. The van der Waals surface area contributed by atoms with E-state index in [9.17, 15) is 13.2 Å². The summed E-state index contributed by atoms with van der Waals surface area (Å²) in [7, 11) is -3.95. The smallest absolute Gasteiger partial charge is 0.306 e. The van der Waals surface area contributed by atoms with Gasteiger partial charge in [0.25, 0.3) is 0 Å². The first kappa shape index (κ1) is 23.5. The van der Waals surface area contributed by atoms with Gasteiger partial charge in [0.15, 0.2) is 27.1 Å². The zero-order chi connectivity index (χ0) is 23.6. The summed E-state index contributed by atoms with van der Waals surface area (Å²) in [4.78, 5) is 12.8. The highest BCUT2D eigenvalue weighted by Gasteiger charge is 2.47. The summed E-state index contributed by atoms with van der Waals surface area (Å²) in [5, 5.41) is -1.11. The van der Waals surface area contributed by atoms with Crippen LogP contribution in [-0.4, -0.2) is 46.3 Å². The quantitative estimate of drug-likeness (QED) is 0.533. The second kappa shape index (κ2) is 9.32. The Morgan fingerprint density at radius 2 is 1.85 bits per heavy atom. The van der Waals surface area contributed by atoms with Crippen molar-refractivity contribution in [2.45, 2.75) is 49.2 Å². The monoisotopic (exact) mass is 476 g/mol. The molecule has 1 fully saturated rings. The molecule has 3 atom stereocenters. The summed E-state index contributed by atoms with van der Waals surface area (Å²) in [6, 6.07) is 13.2. The van der Waals surface area contributed by atoms with Crippen LogP contribution in [0.15, 0.2) is 53.4 Å². The number of esters is 1. The van der Waals surface area contributed by atoms with Gasteiger partial charge in [0, 0.05) is 5.92 Å². The van der Waals surface area contributed by atoms with Gasteiger partial charge in [-0.05, 0) is 50.6 Å². The number of hydrogen-bond acceptors (Lipinski definition) is 8. The molecule has 2 aromatic carbocycles. The van der Waals surface area contributed by atoms with E-state index in [2.05, 4.69) is 0 Å². The highest BCUT2D eigenvalue weighted by Crippen LogP contribution is 2.45. The van der Waals surface area contributed by atoms with Crippen LogP contribution in [0.5, 0.6) is 11.5 Å². The molecule has 4 rings (SSSR count). The molecule has 2 heterocycles. The van der Waals surface area contributed by atoms with E-state index in [-0.39, 0.29) is 31.3 Å². The van der Waals surface area contributed by atoms with Gasteiger partial charge >= 0.3 is 5.97 Å². The molecule has 0 spiro atoms. The minimum atomic E-state index is -3.95. The molecule has 8 nitrogen and oxygen atoms in total.